The van der Waals surface area contributed by atoms with Gasteiger partial charge in [-0.05, 0) is 18.4 Å². The third-order valence-corrected chi connectivity index (χ3v) is 4.71. The van der Waals surface area contributed by atoms with Gasteiger partial charge in [0.25, 0.3) is 0 Å². The summed E-state index contributed by atoms with van der Waals surface area (Å²) in [6, 6.07) is 9.38. The van der Waals surface area contributed by atoms with E-state index in [0.29, 0.717) is 12.8 Å². The third-order valence-electron chi connectivity index (χ3n) is 4.71. The number of carbonyl (C=O) groups excluding carboxylic acids is 2. The molecule has 1 amide bonds. The average molecular weight is 305 g/mol. The van der Waals surface area contributed by atoms with Gasteiger partial charge in [-0.2, -0.15) is 0 Å². The van der Waals surface area contributed by atoms with Gasteiger partial charge in [0, 0.05) is 6.54 Å². The van der Waals surface area contributed by atoms with Crippen LogP contribution in [0.3, 0.4) is 0 Å². The van der Waals surface area contributed by atoms with Crippen LogP contribution in [-0.2, 0) is 20.9 Å². The minimum atomic E-state index is -0.679. The quantitative estimate of drug-likeness (QED) is 0.849. The van der Waals surface area contributed by atoms with Crippen LogP contribution in [-0.4, -0.2) is 47.9 Å². The van der Waals surface area contributed by atoms with E-state index in [4.69, 9.17) is 9.47 Å². The van der Waals surface area contributed by atoms with Crippen molar-refractivity contribution in [2.24, 2.45) is 5.41 Å². The van der Waals surface area contributed by atoms with Crippen molar-refractivity contribution in [2.45, 2.75) is 25.0 Å². The van der Waals surface area contributed by atoms with Crippen molar-refractivity contribution in [3.05, 3.63) is 35.9 Å². The van der Waals surface area contributed by atoms with Crippen LogP contribution in [0.25, 0.3) is 0 Å². The van der Waals surface area contributed by atoms with Crippen LogP contribution in [0, 0.1) is 5.41 Å². The van der Waals surface area contributed by atoms with E-state index in [1.807, 2.05) is 30.3 Å². The zero-order valence-electron chi connectivity index (χ0n) is 12.4. The highest BCUT2D eigenvalue weighted by Gasteiger charge is 2.70. The minimum absolute atomic E-state index is 0.170. The van der Waals surface area contributed by atoms with Crippen LogP contribution >= 0.6 is 0 Å². The molecule has 22 heavy (non-hydrogen) atoms. The van der Waals surface area contributed by atoms with Gasteiger partial charge in [0.15, 0.2) is 0 Å². The lowest BCUT2D eigenvalue weighted by atomic mass is 9.62. The van der Waals surface area contributed by atoms with Crippen molar-refractivity contribution < 1.29 is 24.2 Å². The van der Waals surface area contributed by atoms with E-state index in [0.717, 1.165) is 5.56 Å². The Labute approximate surface area is 128 Å². The van der Waals surface area contributed by atoms with E-state index in [1.54, 1.807) is 0 Å². The molecule has 2 aliphatic heterocycles. The molecule has 1 aliphatic carbocycles. The van der Waals surface area contributed by atoms with Gasteiger partial charge >= 0.3 is 12.1 Å². The summed E-state index contributed by atoms with van der Waals surface area (Å²) in [5.74, 6) is -0.324. The lowest BCUT2D eigenvalue weighted by Crippen LogP contribution is -2.55. The molecule has 0 unspecified atom stereocenters. The molecule has 1 aromatic rings. The highest BCUT2D eigenvalue weighted by Crippen LogP contribution is 2.59. The molecule has 0 spiro atoms. The van der Waals surface area contributed by atoms with Crippen molar-refractivity contribution >= 4 is 12.1 Å². The summed E-state index contributed by atoms with van der Waals surface area (Å²) in [7, 11) is 1.34. The number of esters is 1. The fourth-order valence-corrected chi connectivity index (χ4v) is 3.66. The maximum absolute atomic E-state index is 12.3. The van der Waals surface area contributed by atoms with Gasteiger partial charge in [-0.15, -0.1) is 0 Å². The first-order valence-electron chi connectivity index (χ1n) is 7.23. The number of nitrogens with zero attached hydrogens (tertiary/aromatic N) is 1. The van der Waals surface area contributed by atoms with Crippen LogP contribution in [0.15, 0.2) is 30.3 Å². The van der Waals surface area contributed by atoms with Crippen molar-refractivity contribution in [3.63, 3.8) is 0 Å². The minimum Gasteiger partial charge on any atom is -0.469 e. The number of carbonyl (C=O) groups is 2. The van der Waals surface area contributed by atoms with E-state index in [9.17, 15) is 14.7 Å². The molecule has 2 saturated heterocycles. The van der Waals surface area contributed by atoms with Gasteiger partial charge in [-0.1, -0.05) is 30.3 Å². The summed E-state index contributed by atoms with van der Waals surface area (Å²) < 4.78 is 10.1. The second kappa shape index (κ2) is 5.28. The molecule has 3 aliphatic rings. The number of fused-ring (bicyclic) bond motifs is 1. The number of aliphatic hydroxyl groups is 1. The van der Waals surface area contributed by atoms with Gasteiger partial charge in [0.05, 0.1) is 24.7 Å². The molecule has 2 bridgehead atoms. The van der Waals surface area contributed by atoms with Crippen LogP contribution in [0.1, 0.15) is 18.4 Å². The molecular weight excluding hydrogens is 286 g/mol. The lowest BCUT2D eigenvalue weighted by Gasteiger charge is -2.44. The monoisotopic (exact) mass is 305 g/mol. The Morgan fingerprint density at radius 1 is 1.27 bits per heavy atom. The van der Waals surface area contributed by atoms with E-state index in [-0.39, 0.29) is 25.7 Å². The Balaban J connectivity index is 1.67. The predicted molar refractivity (Wildman–Crippen MR) is 76.8 cm³/mol. The van der Waals surface area contributed by atoms with Crippen molar-refractivity contribution in [2.75, 3.05) is 20.3 Å². The first kappa shape index (κ1) is 14.8. The van der Waals surface area contributed by atoms with E-state index in [1.165, 1.54) is 12.0 Å². The second-order valence-corrected chi connectivity index (χ2v) is 6.13. The largest absolute Gasteiger partial charge is 0.469 e. The van der Waals surface area contributed by atoms with Crippen LogP contribution in [0.5, 0.6) is 0 Å². The molecule has 1 N–H and O–H groups in total. The standard InChI is InChI=1S/C16H19NO5/c1-21-13(19)15-8-16(9-15,11-18)17(10-15)14(20)22-7-12-5-3-2-4-6-12/h2-6,18H,7-11H2,1H3. The number of hydrogen-bond acceptors (Lipinski definition) is 5. The molecule has 0 atom stereocenters. The number of hydrogen-bond donors (Lipinski definition) is 1. The average Bonchev–Trinajstić information content (AvgIpc) is 3.04. The van der Waals surface area contributed by atoms with Gasteiger partial charge in [0.1, 0.15) is 6.61 Å². The number of methoxy groups -OCH3 is 1. The third kappa shape index (κ3) is 2.14. The molecule has 0 aromatic heterocycles. The molecule has 1 saturated carbocycles. The Hall–Kier alpha value is -2.08. The normalized spacial score (nSPS) is 28.9. The summed E-state index contributed by atoms with van der Waals surface area (Å²) in [4.78, 5) is 25.7. The van der Waals surface area contributed by atoms with Crippen molar-refractivity contribution in [1.82, 2.24) is 4.90 Å². The van der Waals surface area contributed by atoms with Gasteiger partial charge in [-0.25, -0.2) is 4.79 Å². The van der Waals surface area contributed by atoms with Crippen molar-refractivity contribution in [1.29, 1.82) is 0 Å². The fourth-order valence-electron chi connectivity index (χ4n) is 3.66. The maximum atomic E-state index is 12.3. The zero-order valence-corrected chi connectivity index (χ0v) is 12.4. The molecule has 0 radical (unpaired) electrons. The molecular formula is C16H19NO5. The Morgan fingerprint density at radius 2 is 1.95 bits per heavy atom. The highest BCUT2D eigenvalue weighted by molar-refractivity contribution is 5.83. The number of ether oxygens (including phenoxy) is 2. The van der Waals surface area contributed by atoms with Gasteiger partial charge in [-0.3, -0.25) is 9.69 Å². The summed E-state index contributed by atoms with van der Waals surface area (Å²) in [6.45, 7) is 0.239. The fraction of sp³-hybridized carbons (Fsp3) is 0.500. The van der Waals surface area contributed by atoms with Gasteiger partial charge in [0.2, 0.25) is 0 Å². The van der Waals surface area contributed by atoms with Crippen LogP contribution < -0.4 is 0 Å². The molecule has 3 fully saturated rings. The highest BCUT2D eigenvalue weighted by atomic mass is 16.6. The molecule has 6 heteroatoms. The summed E-state index contributed by atoms with van der Waals surface area (Å²) in [6.07, 6.45) is 0.369. The van der Waals surface area contributed by atoms with E-state index < -0.39 is 17.0 Å². The first-order chi connectivity index (χ1) is 10.6. The van der Waals surface area contributed by atoms with Crippen molar-refractivity contribution in [3.8, 4) is 0 Å². The summed E-state index contributed by atoms with van der Waals surface area (Å²) in [5.41, 5.74) is -0.464. The molecule has 1 aromatic carbocycles. The molecule has 6 nitrogen and oxygen atoms in total. The number of benzene rings is 1. The molecule has 118 valence electrons. The maximum Gasteiger partial charge on any atom is 0.410 e. The second-order valence-electron chi connectivity index (χ2n) is 6.13. The number of aliphatic hydroxyl groups excluding tert-OH is 1. The Kier molecular flexibility index (Phi) is 3.56. The summed E-state index contributed by atoms with van der Waals surface area (Å²) >= 11 is 0. The SMILES string of the molecule is COC(=O)C12CN(C(=O)OCc3ccccc3)C(CO)(C1)C2. The first-order valence-corrected chi connectivity index (χ1v) is 7.23. The van der Waals surface area contributed by atoms with E-state index in [2.05, 4.69) is 0 Å². The van der Waals surface area contributed by atoms with Crippen LogP contribution in [0.2, 0.25) is 0 Å². The zero-order chi connectivity index (χ0) is 15.8. The van der Waals surface area contributed by atoms with Crippen LogP contribution in [0.4, 0.5) is 4.79 Å². The smallest absolute Gasteiger partial charge is 0.410 e. The molecule has 4 rings (SSSR count). The predicted octanol–water partition coefficient (Wildman–Crippen LogP) is 1.32. The Bertz CT molecular complexity index is 579. The number of rotatable bonds is 4. The number of amides is 1. The van der Waals surface area contributed by atoms with E-state index >= 15 is 0 Å². The van der Waals surface area contributed by atoms with Gasteiger partial charge < -0.3 is 14.6 Å². The topological polar surface area (TPSA) is 76.1 Å². The molecule has 2 heterocycles. The Morgan fingerprint density at radius 3 is 2.55 bits per heavy atom. The summed E-state index contributed by atoms with van der Waals surface area (Å²) in [5, 5.41) is 9.64. The lowest BCUT2D eigenvalue weighted by molar-refractivity contribution is -0.158.